The molecule has 1 aromatic rings. The highest BCUT2D eigenvalue weighted by molar-refractivity contribution is 7.91. The predicted octanol–water partition coefficient (Wildman–Crippen LogP) is 3.07. The summed E-state index contributed by atoms with van der Waals surface area (Å²) in [7, 11) is 0.0469. The smallest absolute Gasteiger partial charge is 0.179 e. The molecule has 0 saturated carbocycles. The van der Waals surface area contributed by atoms with Crippen LogP contribution in [0.15, 0.2) is 12.1 Å². The highest BCUT2D eigenvalue weighted by Gasteiger charge is 2.35. The molecule has 2 unspecified atom stereocenters. The second-order valence-electron chi connectivity index (χ2n) is 4.77. The first kappa shape index (κ1) is 15.7. The van der Waals surface area contributed by atoms with Crippen LogP contribution in [0.25, 0.3) is 0 Å². The van der Waals surface area contributed by atoms with Crippen molar-refractivity contribution in [2.75, 3.05) is 25.7 Å². The highest BCUT2D eigenvalue weighted by atomic mass is 35.5. The Morgan fingerprint density at radius 3 is 2.50 bits per heavy atom. The van der Waals surface area contributed by atoms with Gasteiger partial charge in [0.05, 0.1) is 36.1 Å². The highest BCUT2D eigenvalue weighted by Crippen LogP contribution is 2.45. The summed E-state index contributed by atoms with van der Waals surface area (Å²) >= 11 is 12.7. The van der Waals surface area contributed by atoms with E-state index < -0.39 is 15.2 Å². The van der Waals surface area contributed by atoms with Crippen molar-refractivity contribution in [2.24, 2.45) is 5.92 Å². The third-order valence-corrected chi connectivity index (χ3v) is 6.27. The molecule has 1 aromatic carbocycles. The number of alkyl halides is 1. The number of ether oxygens (including phenoxy) is 2. The molecule has 0 bridgehead atoms. The lowest BCUT2D eigenvalue weighted by Crippen LogP contribution is -2.11. The van der Waals surface area contributed by atoms with Crippen LogP contribution in [-0.2, 0) is 9.84 Å². The molecule has 1 aliphatic rings. The molecule has 2 atom stereocenters. The largest absolute Gasteiger partial charge is 0.493 e. The fourth-order valence-electron chi connectivity index (χ4n) is 2.43. The molecule has 4 nitrogen and oxygen atoms in total. The van der Waals surface area contributed by atoms with Gasteiger partial charge in [-0.1, -0.05) is 17.7 Å². The first-order chi connectivity index (χ1) is 9.39. The molecule has 7 heteroatoms. The first-order valence-corrected chi connectivity index (χ1v) is 8.78. The van der Waals surface area contributed by atoms with E-state index in [1.807, 2.05) is 0 Å². The monoisotopic (exact) mass is 338 g/mol. The van der Waals surface area contributed by atoms with E-state index in [0.29, 0.717) is 28.5 Å². The average Bonchev–Trinajstić information content (AvgIpc) is 2.77. The summed E-state index contributed by atoms with van der Waals surface area (Å²) < 4.78 is 33.5. The predicted molar refractivity (Wildman–Crippen MR) is 79.9 cm³/mol. The van der Waals surface area contributed by atoms with E-state index in [1.165, 1.54) is 14.2 Å². The molecule has 20 heavy (non-hydrogen) atoms. The maximum atomic E-state index is 11.5. The Bertz CT molecular complexity index is 601. The van der Waals surface area contributed by atoms with Gasteiger partial charge >= 0.3 is 0 Å². The molecule has 1 heterocycles. The molecule has 0 radical (unpaired) electrons. The summed E-state index contributed by atoms with van der Waals surface area (Å²) in [5.41, 5.74) is 0.674. The summed E-state index contributed by atoms with van der Waals surface area (Å²) in [6.07, 6.45) is 0.557. The second-order valence-corrected chi connectivity index (χ2v) is 7.85. The van der Waals surface area contributed by atoms with Gasteiger partial charge in [0.25, 0.3) is 0 Å². The maximum absolute atomic E-state index is 11.5. The maximum Gasteiger partial charge on any atom is 0.179 e. The minimum Gasteiger partial charge on any atom is -0.493 e. The van der Waals surface area contributed by atoms with Crippen LogP contribution in [0.2, 0.25) is 5.02 Å². The molecular weight excluding hydrogens is 323 g/mol. The molecule has 112 valence electrons. The van der Waals surface area contributed by atoms with Crippen molar-refractivity contribution in [3.05, 3.63) is 22.7 Å². The van der Waals surface area contributed by atoms with Crippen molar-refractivity contribution in [3.8, 4) is 11.5 Å². The van der Waals surface area contributed by atoms with Gasteiger partial charge in [0.15, 0.2) is 21.3 Å². The van der Waals surface area contributed by atoms with Crippen molar-refractivity contribution >= 4 is 33.0 Å². The Balaban J connectivity index is 2.33. The van der Waals surface area contributed by atoms with E-state index in [-0.39, 0.29) is 17.4 Å². The van der Waals surface area contributed by atoms with Gasteiger partial charge in [0.1, 0.15) is 0 Å². The molecule has 1 saturated heterocycles. The molecule has 0 amide bonds. The Kier molecular flexibility index (Phi) is 4.72. The number of benzene rings is 1. The van der Waals surface area contributed by atoms with Gasteiger partial charge in [-0.25, -0.2) is 8.42 Å². The zero-order valence-corrected chi connectivity index (χ0v) is 13.6. The van der Waals surface area contributed by atoms with Crippen molar-refractivity contribution in [2.45, 2.75) is 11.8 Å². The van der Waals surface area contributed by atoms with Crippen molar-refractivity contribution in [3.63, 3.8) is 0 Å². The number of rotatable bonds is 4. The number of hydrogen-bond donors (Lipinski definition) is 0. The number of methoxy groups -OCH3 is 2. The number of hydrogen-bond acceptors (Lipinski definition) is 4. The second kappa shape index (κ2) is 6.00. The van der Waals surface area contributed by atoms with Gasteiger partial charge in [-0.05, 0) is 24.0 Å². The molecule has 0 aromatic heterocycles. The van der Waals surface area contributed by atoms with Crippen LogP contribution in [0, 0.1) is 5.92 Å². The minimum absolute atomic E-state index is 0.103. The molecule has 0 aliphatic carbocycles. The normalized spacial score (nSPS) is 22.5. The van der Waals surface area contributed by atoms with Gasteiger partial charge in [-0.3, -0.25) is 0 Å². The SMILES string of the molecule is COc1ccc(C(Cl)C2CCS(=O)(=O)C2)c(Cl)c1OC. The summed E-state index contributed by atoms with van der Waals surface area (Å²) in [5, 5.41) is -0.0873. The lowest BCUT2D eigenvalue weighted by Gasteiger charge is -2.19. The first-order valence-electron chi connectivity index (χ1n) is 6.14. The van der Waals surface area contributed by atoms with Crippen LogP contribution >= 0.6 is 23.2 Å². The Morgan fingerprint density at radius 2 is 2.00 bits per heavy atom. The van der Waals surface area contributed by atoms with E-state index in [9.17, 15) is 8.42 Å². The van der Waals surface area contributed by atoms with Gasteiger partial charge < -0.3 is 9.47 Å². The van der Waals surface area contributed by atoms with Crippen LogP contribution in [-0.4, -0.2) is 34.1 Å². The Labute approximate surface area is 128 Å². The molecule has 1 aliphatic heterocycles. The summed E-state index contributed by atoms with van der Waals surface area (Å²) in [4.78, 5) is 0. The standard InChI is InChI=1S/C13H16Cl2O4S/c1-18-10-4-3-9(12(15)13(10)19-2)11(14)8-5-6-20(16,17)7-8/h3-4,8,11H,5-7H2,1-2H3. The van der Waals surface area contributed by atoms with Crippen molar-refractivity contribution < 1.29 is 17.9 Å². The summed E-state index contributed by atoms with van der Waals surface area (Å²) in [6, 6.07) is 3.48. The number of halogens is 2. The van der Waals surface area contributed by atoms with Crippen LogP contribution in [0.1, 0.15) is 17.4 Å². The van der Waals surface area contributed by atoms with E-state index >= 15 is 0 Å². The van der Waals surface area contributed by atoms with E-state index in [0.717, 1.165) is 0 Å². The van der Waals surface area contributed by atoms with E-state index in [4.69, 9.17) is 32.7 Å². The lowest BCUT2D eigenvalue weighted by molar-refractivity contribution is 0.354. The van der Waals surface area contributed by atoms with Gasteiger partial charge in [-0.15, -0.1) is 11.6 Å². The fraction of sp³-hybridized carbons (Fsp3) is 0.538. The fourth-order valence-corrected chi connectivity index (χ4v) is 5.18. The minimum atomic E-state index is -2.97. The molecular formula is C13H16Cl2O4S. The quantitative estimate of drug-likeness (QED) is 0.791. The third-order valence-electron chi connectivity index (χ3n) is 3.49. The average molecular weight is 339 g/mol. The third kappa shape index (κ3) is 3.00. The summed E-state index contributed by atoms with van der Waals surface area (Å²) in [6.45, 7) is 0. The van der Waals surface area contributed by atoms with Gasteiger partial charge in [0.2, 0.25) is 0 Å². The van der Waals surface area contributed by atoms with Crippen LogP contribution in [0.3, 0.4) is 0 Å². The molecule has 2 rings (SSSR count). The van der Waals surface area contributed by atoms with Gasteiger partial charge in [0, 0.05) is 0 Å². The molecule has 1 fully saturated rings. The van der Waals surface area contributed by atoms with E-state index in [2.05, 4.69) is 0 Å². The van der Waals surface area contributed by atoms with Gasteiger partial charge in [-0.2, -0.15) is 0 Å². The van der Waals surface area contributed by atoms with Crippen LogP contribution in [0.5, 0.6) is 11.5 Å². The zero-order chi connectivity index (χ0) is 14.9. The Morgan fingerprint density at radius 1 is 1.30 bits per heavy atom. The zero-order valence-electron chi connectivity index (χ0n) is 11.2. The van der Waals surface area contributed by atoms with Crippen molar-refractivity contribution in [1.82, 2.24) is 0 Å². The van der Waals surface area contributed by atoms with Crippen LogP contribution in [0.4, 0.5) is 0 Å². The van der Waals surface area contributed by atoms with Crippen molar-refractivity contribution in [1.29, 1.82) is 0 Å². The Hall–Kier alpha value is -0.650. The van der Waals surface area contributed by atoms with E-state index in [1.54, 1.807) is 12.1 Å². The van der Waals surface area contributed by atoms with Crippen LogP contribution < -0.4 is 9.47 Å². The molecule has 0 spiro atoms. The number of sulfone groups is 1. The topological polar surface area (TPSA) is 52.6 Å². The summed E-state index contributed by atoms with van der Waals surface area (Å²) in [5.74, 6) is 1.09. The molecule has 0 N–H and O–H groups in total. The lowest BCUT2D eigenvalue weighted by atomic mass is 9.98.